The molecule has 0 saturated heterocycles. The van der Waals surface area contributed by atoms with Crippen LogP contribution in [0.25, 0.3) is 22.4 Å². The van der Waals surface area contributed by atoms with E-state index in [0.717, 1.165) is 38.6 Å². The Labute approximate surface area is 123 Å². The molecular weight excluding hydrogens is 270 g/mol. The van der Waals surface area contributed by atoms with Crippen molar-refractivity contribution in [1.82, 2.24) is 9.55 Å². The number of imidazole rings is 1. The van der Waals surface area contributed by atoms with Crippen molar-refractivity contribution < 1.29 is 0 Å². The molecule has 0 spiro atoms. The highest BCUT2D eigenvalue weighted by molar-refractivity contribution is 6.31. The van der Waals surface area contributed by atoms with Crippen molar-refractivity contribution in [3.8, 4) is 11.4 Å². The lowest BCUT2D eigenvalue weighted by Crippen LogP contribution is -1.97. The molecule has 3 aromatic rings. The third kappa shape index (κ3) is 1.99. The standard InChI is InChI=1S/C16H16ClN3/c1-10-6-7-11(8-13(10)17)16-19-15-12(9-18)4-3-5-14(15)20(16)2/h3-8H,9,18H2,1-2H3. The normalized spacial score (nSPS) is 11.2. The maximum atomic E-state index is 6.22. The van der Waals surface area contributed by atoms with Crippen LogP contribution in [0.1, 0.15) is 11.1 Å². The number of aryl methyl sites for hydroxylation is 2. The van der Waals surface area contributed by atoms with Crippen molar-refractivity contribution in [3.63, 3.8) is 0 Å². The van der Waals surface area contributed by atoms with E-state index in [9.17, 15) is 0 Å². The van der Waals surface area contributed by atoms with Crippen molar-refractivity contribution in [2.45, 2.75) is 13.5 Å². The van der Waals surface area contributed by atoms with Gasteiger partial charge in [-0.1, -0.05) is 35.9 Å². The van der Waals surface area contributed by atoms with E-state index in [0.29, 0.717) is 6.54 Å². The number of benzene rings is 2. The summed E-state index contributed by atoms with van der Waals surface area (Å²) >= 11 is 6.22. The van der Waals surface area contributed by atoms with E-state index >= 15 is 0 Å². The van der Waals surface area contributed by atoms with Gasteiger partial charge >= 0.3 is 0 Å². The first kappa shape index (κ1) is 13.2. The molecule has 0 saturated carbocycles. The molecule has 102 valence electrons. The molecule has 0 fully saturated rings. The number of rotatable bonds is 2. The Hall–Kier alpha value is -1.84. The zero-order chi connectivity index (χ0) is 14.3. The van der Waals surface area contributed by atoms with E-state index in [1.807, 2.05) is 44.3 Å². The van der Waals surface area contributed by atoms with Gasteiger partial charge in [0.1, 0.15) is 5.82 Å². The zero-order valence-corrected chi connectivity index (χ0v) is 12.3. The Morgan fingerprint density at radius 1 is 1.25 bits per heavy atom. The number of fused-ring (bicyclic) bond motifs is 1. The molecule has 3 nitrogen and oxygen atoms in total. The first-order chi connectivity index (χ1) is 9.61. The summed E-state index contributed by atoms with van der Waals surface area (Å²) in [4.78, 5) is 4.75. The number of halogens is 1. The minimum atomic E-state index is 0.489. The Balaban J connectivity index is 2.26. The molecule has 4 heteroatoms. The molecule has 2 aromatic carbocycles. The molecular formula is C16H16ClN3. The molecule has 1 heterocycles. The molecule has 0 atom stereocenters. The van der Waals surface area contributed by atoms with E-state index in [-0.39, 0.29) is 0 Å². The van der Waals surface area contributed by atoms with Crippen molar-refractivity contribution in [3.05, 3.63) is 52.5 Å². The summed E-state index contributed by atoms with van der Waals surface area (Å²) in [6, 6.07) is 12.1. The quantitative estimate of drug-likeness (QED) is 0.781. The van der Waals surface area contributed by atoms with Gasteiger partial charge in [-0.3, -0.25) is 0 Å². The Morgan fingerprint density at radius 3 is 2.75 bits per heavy atom. The Bertz CT molecular complexity index is 790. The molecule has 20 heavy (non-hydrogen) atoms. The van der Waals surface area contributed by atoms with Gasteiger partial charge in [-0.05, 0) is 30.2 Å². The molecule has 0 aliphatic heterocycles. The summed E-state index contributed by atoms with van der Waals surface area (Å²) in [6.45, 7) is 2.48. The topological polar surface area (TPSA) is 43.8 Å². The number of hydrogen-bond acceptors (Lipinski definition) is 2. The third-order valence-corrected chi connectivity index (χ3v) is 4.05. The lowest BCUT2D eigenvalue weighted by molar-refractivity contribution is 0.959. The summed E-state index contributed by atoms with van der Waals surface area (Å²) in [7, 11) is 2.01. The first-order valence-corrected chi connectivity index (χ1v) is 6.90. The van der Waals surface area contributed by atoms with E-state index < -0.39 is 0 Å². The van der Waals surface area contributed by atoms with Crippen LogP contribution in [0, 0.1) is 6.92 Å². The third-order valence-electron chi connectivity index (χ3n) is 3.64. The highest BCUT2D eigenvalue weighted by atomic mass is 35.5. The number of hydrogen-bond donors (Lipinski definition) is 1. The number of nitrogens with two attached hydrogens (primary N) is 1. The summed E-state index contributed by atoms with van der Waals surface area (Å²) in [6.07, 6.45) is 0. The smallest absolute Gasteiger partial charge is 0.140 e. The lowest BCUT2D eigenvalue weighted by Gasteiger charge is -2.04. The van der Waals surface area contributed by atoms with Gasteiger partial charge in [0.25, 0.3) is 0 Å². The maximum Gasteiger partial charge on any atom is 0.140 e. The van der Waals surface area contributed by atoms with Crippen molar-refractivity contribution in [2.75, 3.05) is 0 Å². The average Bonchev–Trinajstić information content (AvgIpc) is 2.79. The molecule has 0 radical (unpaired) electrons. The number of para-hydroxylation sites is 1. The van der Waals surface area contributed by atoms with Gasteiger partial charge in [-0.2, -0.15) is 0 Å². The number of aromatic nitrogens is 2. The summed E-state index contributed by atoms with van der Waals surface area (Å²) in [5.41, 5.74) is 11.0. The minimum absolute atomic E-state index is 0.489. The summed E-state index contributed by atoms with van der Waals surface area (Å²) < 4.78 is 2.08. The fraction of sp³-hybridized carbons (Fsp3) is 0.188. The highest BCUT2D eigenvalue weighted by Gasteiger charge is 2.12. The Kier molecular flexibility index (Phi) is 3.24. The molecule has 3 rings (SSSR count). The molecule has 0 bridgehead atoms. The number of nitrogens with zero attached hydrogens (tertiary/aromatic N) is 2. The molecule has 1 aromatic heterocycles. The van der Waals surface area contributed by atoms with Gasteiger partial charge in [-0.15, -0.1) is 0 Å². The van der Waals surface area contributed by atoms with Crippen molar-refractivity contribution in [1.29, 1.82) is 0 Å². The highest BCUT2D eigenvalue weighted by Crippen LogP contribution is 2.28. The van der Waals surface area contributed by atoms with Crippen LogP contribution < -0.4 is 5.73 Å². The van der Waals surface area contributed by atoms with Crippen LogP contribution in [0.15, 0.2) is 36.4 Å². The SMILES string of the molecule is Cc1ccc(-c2nc3c(CN)cccc3n2C)cc1Cl. The van der Waals surface area contributed by atoms with E-state index in [4.69, 9.17) is 22.3 Å². The second kappa shape index (κ2) is 4.93. The maximum absolute atomic E-state index is 6.22. The van der Waals surface area contributed by atoms with Crippen LogP contribution in [0.5, 0.6) is 0 Å². The lowest BCUT2D eigenvalue weighted by atomic mass is 10.1. The monoisotopic (exact) mass is 285 g/mol. The van der Waals surface area contributed by atoms with Gasteiger partial charge in [0.05, 0.1) is 11.0 Å². The minimum Gasteiger partial charge on any atom is -0.327 e. The molecule has 2 N–H and O–H groups in total. The first-order valence-electron chi connectivity index (χ1n) is 6.52. The second-order valence-corrected chi connectivity index (χ2v) is 5.35. The molecule has 0 aliphatic carbocycles. The van der Waals surface area contributed by atoms with Crippen molar-refractivity contribution >= 4 is 22.6 Å². The predicted octanol–water partition coefficient (Wildman–Crippen LogP) is 3.66. The van der Waals surface area contributed by atoms with Crippen molar-refractivity contribution in [2.24, 2.45) is 12.8 Å². The summed E-state index contributed by atoms with van der Waals surface area (Å²) in [5, 5.41) is 0.758. The van der Waals surface area contributed by atoms with Crippen LogP contribution in [0.2, 0.25) is 5.02 Å². The van der Waals surface area contributed by atoms with Gasteiger partial charge in [-0.25, -0.2) is 4.98 Å². The fourth-order valence-electron chi connectivity index (χ4n) is 2.43. The van der Waals surface area contributed by atoms with E-state index in [2.05, 4.69) is 10.6 Å². The van der Waals surface area contributed by atoms with Crippen LogP contribution in [0.4, 0.5) is 0 Å². The fourth-order valence-corrected chi connectivity index (χ4v) is 2.61. The largest absolute Gasteiger partial charge is 0.327 e. The second-order valence-electron chi connectivity index (χ2n) is 4.95. The van der Waals surface area contributed by atoms with Crippen LogP contribution in [-0.2, 0) is 13.6 Å². The van der Waals surface area contributed by atoms with E-state index in [1.54, 1.807) is 0 Å². The predicted molar refractivity (Wildman–Crippen MR) is 83.8 cm³/mol. The van der Waals surface area contributed by atoms with Gasteiger partial charge in [0.2, 0.25) is 0 Å². The van der Waals surface area contributed by atoms with Crippen LogP contribution >= 0.6 is 11.6 Å². The van der Waals surface area contributed by atoms with Gasteiger partial charge in [0.15, 0.2) is 0 Å². The summed E-state index contributed by atoms with van der Waals surface area (Å²) in [5.74, 6) is 0.905. The average molecular weight is 286 g/mol. The van der Waals surface area contributed by atoms with Crippen LogP contribution in [0.3, 0.4) is 0 Å². The van der Waals surface area contributed by atoms with Crippen LogP contribution in [-0.4, -0.2) is 9.55 Å². The molecule has 0 amide bonds. The van der Waals surface area contributed by atoms with Gasteiger partial charge < -0.3 is 10.3 Å². The van der Waals surface area contributed by atoms with Gasteiger partial charge in [0, 0.05) is 24.2 Å². The van der Waals surface area contributed by atoms with E-state index in [1.165, 1.54) is 0 Å². The molecule has 0 unspecified atom stereocenters. The zero-order valence-electron chi connectivity index (χ0n) is 11.5. The molecule has 0 aliphatic rings. The Morgan fingerprint density at radius 2 is 2.05 bits per heavy atom.